The Morgan fingerprint density at radius 1 is 1.42 bits per heavy atom. The van der Waals surface area contributed by atoms with Gasteiger partial charge in [-0.05, 0) is 25.2 Å². The van der Waals surface area contributed by atoms with Gasteiger partial charge >= 0.3 is 0 Å². The molecule has 1 fully saturated rings. The molecule has 0 amide bonds. The lowest BCUT2D eigenvalue weighted by atomic mass is 10.1. The maximum Gasteiger partial charge on any atom is 0.135 e. The number of ketones is 1. The molecule has 12 heavy (non-hydrogen) atoms. The average Bonchev–Trinajstić information content (AvgIpc) is 2.82. The Labute approximate surface area is 74.3 Å². The topological polar surface area (TPSA) is 26.3 Å². The monoisotopic (exact) mass is 170 g/mol. The van der Waals surface area contributed by atoms with Crippen LogP contribution in [0.25, 0.3) is 0 Å². The molecule has 0 heterocycles. The molecule has 0 radical (unpaired) electrons. The van der Waals surface area contributed by atoms with Crippen LogP contribution in [0.15, 0.2) is 0 Å². The van der Waals surface area contributed by atoms with Crippen LogP contribution < -0.4 is 0 Å². The van der Waals surface area contributed by atoms with E-state index in [0.29, 0.717) is 18.8 Å². The maximum absolute atomic E-state index is 11.2. The summed E-state index contributed by atoms with van der Waals surface area (Å²) >= 11 is 0. The SMILES string of the molecule is CCCOCCC(=O)CC1CC1. The van der Waals surface area contributed by atoms with Crippen LogP contribution in [-0.2, 0) is 9.53 Å². The molecule has 0 aromatic carbocycles. The molecule has 0 aliphatic heterocycles. The minimum absolute atomic E-state index is 0.383. The van der Waals surface area contributed by atoms with Gasteiger partial charge < -0.3 is 4.74 Å². The summed E-state index contributed by atoms with van der Waals surface area (Å²) < 4.78 is 5.23. The Bertz CT molecular complexity index is 139. The van der Waals surface area contributed by atoms with E-state index in [1.165, 1.54) is 12.8 Å². The highest BCUT2D eigenvalue weighted by Crippen LogP contribution is 2.32. The summed E-state index contributed by atoms with van der Waals surface area (Å²) in [4.78, 5) is 11.2. The van der Waals surface area contributed by atoms with Crippen molar-refractivity contribution < 1.29 is 9.53 Å². The lowest BCUT2D eigenvalue weighted by Gasteiger charge is -2.00. The van der Waals surface area contributed by atoms with Crippen LogP contribution >= 0.6 is 0 Å². The molecular weight excluding hydrogens is 152 g/mol. The molecule has 1 aliphatic rings. The molecule has 1 saturated carbocycles. The van der Waals surface area contributed by atoms with Gasteiger partial charge in [0.15, 0.2) is 0 Å². The Hall–Kier alpha value is -0.370. The number of Topliss-reactive ketones (excluding diaryl/α,β-unsaturated/α-hetero) is 1. The molecular formula is C10H18O2. The molecule has 0 N–H and O–H groups in total. The largest absolute Gasteiger partial charge is 0.381 e. The first-order chi connectivity index (χ1) is 5.83. The van der Waals surface area contributed by atoms with Crippen LogP contribution in [-0.4, -0.2) is 19.0 Å². The molecule has 2 heteroatoms. The summed E-state index contributed by atoms with van der Waals surface area (Å²) in [5.74, 6) is 1.11. The molecule has 2 nitrogen and oxygen atoms in total. The van der Waals surface area contributed by atoms with Gasteiger partial charge in [0.05, 0.1) is 6.61 Å². The van der Waals surface area contributed by atoms with Gasteiger partial charge in [0.2, 0.25) is 0 Å². The van der Waals surface area contributed by atoms with E-state index >= 15 is 0 Å². The second kappa shape index (κ2) is 5.31. The molecule has 0 spiro atoms. The van der Waals surface area contributed by atoms with Gasteiger partial charge in [-0.3, -0.25) is 4.79 Å². The predicted molar refractivity (Wildman–Crippen MR) is 48.1 cm³/mol. The van der Waals surface area contributed by atoms with Crippen molar-refractivity contribution in [1.82, 2.24) is 0 Å². The van der Waals surface area contributed by atoms with E-state index in [2.05, 4.69) is 6.92 Å². The van der Waals surface area contributed by atoms with Gasteiger partial charge in [0.1, 0.15) is 5.78 Å². The molecule has 0 atom stereocenters. The van der Waals surface area contributed by atoms with Gasteiger partial charge in [0, 0.05) is 19.4 Å². The summed E-state index contributed by atoms with van der Waals surface area (Å²) in [5, 5.41) is 0. The minimum Gasteiger partial charge on any atom is -0.381 e. The highest BCUT2D eigenvalue weighted by Gasteiger charge is 2.23. The Balaban J connectivity index is 1.87. The number of carbonyl (C=O) groups excluding carboxylic acids is 1. The van der Waals surface area contributed by atoms with E-state index in [1.54, 1.807) is 0 Å². The smallest absolute Gasteiger partial charge is 0.135 e. The first-order valence-corrected chi connectivity index (χ1v) is 4.92. The fourth-order valence-corrected chi connectivity index (χ4v) is 1.18. The van der Waals surface area contributed by atoms with Gasteiger partial charge in [-0.1, -0.05) is 6.92 Å². The van der Waals surface area contributed by atoms with Crippen molar-refractivity contribution in [1.29, 1.82) is 0 Å². The van der Waals surface area contributed by atoms with E-state index in [9.17, 15) is 4.79 Å². The standard InChI is InChI=1S/C10H18O2/c1-2-6-12-7-5-10(11)8-9-3-4-9/h9H,2-8H2,1H3. The second-order valence-electron chi connectivity index (χ2n) is 3.55. The molecule has 1 rings (SSSR count). The zero-order valence-electron chi connectivity index (χ0n) is 7.84. The summed E-state index contributed by atoms with van der Waals surface area (Å²) in [6, 6.07) is 0. The third-order valence-electron chi connectivity index (χ3n) is 2.09. The molecule has 0 unspecified atom stereocenters. The summed E-state index contributed by atoms with van der Waals surface area (Å²) in [6.45, 7) is 3.49. The van der Waals surface area contributed by atoms with Crippen LogP contribution in [0.1, 0.15) is 39.0 Å². The van der Waals surface area contributed by atoms with Crippen LogP contribution in [0.4, 0.5) is 0 Å². The highest BCUT2D eigenvalue weighted by molar-refractivity contribution is 5.78. The van der Waals surface area contributed by atoms with Crippen molar-refractivity contribution >= 4 is 5.78 Å². The van der Waals surface area contributed by atoms with Crippen molar-refractivity contribution in [3.63, 3.8) is 0 Å². The van der Waals surface area contributed by atoms with Crippen LogP contribution in [0.5, 0.6) is 0 Å². The van der Waals surface area contributed by atoms with Crippen LogP contribution in [0.2, 0.25) is 0 Å². The quantitative estimate of drug-likeness (QED) is 0.547. The number of ether oxygens (including phenoxy) is 1. The van der Waals surface area contributed by atoms with E-state index < -0.39 is 0 Å². The fraction of sp³-hybridized carbons (Fsp3) is 0.900. The van der Waals surface area contributed by atoms with E-state index in [4.69, 9.17) is 4.74 Å². The van der Waals surface area contributed by atoms with Crippen molar-refractivity contribution in [2.75, 3.05) is 13.2 Å². The van der Waals surface area contributed by atoms with Crippen molar-refractivity contribution in [3.8, 4) is 0 Å². The number of hydrogen-bond donors (Lipinski definition) is 0. The van der Waals surface area contributed by atoms with Crippen LogP contribution in [0.3, 0.4) is 0 Å². The molecule has 70 valence electrons. The van der Waals surface area contributed by atoms with Gasteiger partial charge in [-0.2, -0.15) is 0 Å². The number of hydrogen-bond acceptors (Lipinski definition) is 2. The Morgan fingerprint density at radius 3 is 2.75 bits per heavy atom. The van der Waals surface area contributed by atoms with Crippen molar-refractivity contribution in [2.45, 2.75) is 39.0 Å². The molecule has 0 saturated heterocycles. The van der Waals surface area contributed by atoms with Crippen LogP contribution in [0, 0.1) is 5.92 Å². The Kier molecular flexibility index (Phi) is 4.30. The summed E-state index contributed by atoms with van der Waals surface area (Å²) in [5.41, 5.74) is 0. The average molecular weight is 170 g/mol. The Morgan fingerprint density at radius 2 is 2.17 bits per heavy atom. The summed E-state index contributed by atoms with van der Waals surface area (Å²) in [6.07, 6.45) is 4.99. The number of carbonyl (C=O) groups is 1. The third kappa shape index (κ3) is 4.50. The lowest BCUT2D eigenvalue weighted by molar-refractivity contribution is -0.120. The molecule has 0 aromatic heterocycles. The third-order valence-corrected chi connectivity index (χ3v) is 2.09. The summed E-state index contributed by atoms with van der Waals surface area (Å²) in [7, 11) is 0. The zero-order valence-corrected chi connectivity index (χ0v) is 7.84. The normalized spacial score (nSPS) is 16.4. The molecule has 0 bridgehead atoms. The maximum atomic E-state index is 11.2. The first-order valence-electron chi connectivity index (χ1n) is 4.92. The minimum atomic E-state index is 0.383. The number of rotatable bonds is 7. The van der Waals surface area contributed by atoms with E-state index in [-0.39, 0.29) is 0 Å². The van der Waals surface area contributed by atoms with E-state index in [1.807, 2.05) is 0 Å². The zero-order chi connectivity index (χ0) is 8.81. The van der Waals surface area contributed by atoms with Crippen molar-refractivity contribution in [2.24, 2.45) is 5.92 Å². The lowest BCUT2D eigenvalue weighted by Crippen LogP contribution is -2.05. The first kappa shape index (κ1) is 9.72. The predicted octanol–water partition coefficient (Wildman–Crippen LogP) is 2.17. The fourth-order valence-electron chi connectivity index (χ4n) is 1.18. The van der Waals surface area contributed by atoms with E-state index in [0.717, 1.165) is 25.4 Å². The second-order valence-corrected chi connectivity index (χ2v) is 3.55. The molecule has 0 aromatic rings. The van der Waals surface area contributed by atoms with Gasteiger partial charge in [-0.15, -0.1) is 0 Å². The highest BCUT2D eigenvalue weighted by atomic mass is 16.5. The van der Waals surface area contributed by atoms with Crippen molar-refractivity contribution in [3.05, 3.63) is 0 Å². The van der Waals surface area contributed by atoms with Gasteiger partial charge in [0.25, 0.3) is 0 Å². The molecule has 1 aliphatic carbocycles. The van der Waals surface area contributed by atoms with Gasteiger partial charge in [-0.25, -0.2) is 0 Å².